The number of nitrogens with zero attached hydrogens (tertiary/aromatic N) is 3. The quantitative estimate of drug-likeness (QED) is 0.162. The Hall–Kier alpha value is -8.92. The second-order valence-corrected chi connectivity index (χ2v) is 17.6. The van der Waals surface area contributed by atoms with E-state index in [0.717, 1.165) is 27.4 Å². The van der Waals surface area contributed by atoms with E-state index in [1.807, 2.05) is 0 Å². The summed E-state index contributed by atoms with van der Waals surface area (Å²) < 4.78 is 2.38. The van der Waals surface area contributed by atoms with Crippen molar-refractivity contribution < 1.29 is 0 Å². The van der Waals surface area contributed by atoms with Crippen LogP contribution in [0.5, 0.6) is 0 Å². The number of hydrogen-bond acceptors (Lipinski definition) is 2. The van der Waals surface area contributed by atoms with Crippen LogP contribution in [-0.4, -0.2) is 14.5 Å². The largest absolute Gasteiger partial charge is 0.309 e. The Morgan fingerprint density at radius 2 is 0.612 bits per heavy atom. The van der Waals surface area contributed by atoms with Crippen molar-refractivity contribution in [1.82, 2.24) is 14.5 Å². The topological polar surface area (TPSA) is 30.7 Å². The lowest BCUT2D eigenvalue weighted by Crippen LogP contribution is -1.93. The minimum atomic E-state index is 0.929. The van der Waals surface area contributed by atoms with Crippen LogP contribution in [0.4, 0.5) is 0 Å². The summed E-state index contributed by atoms with van der Waals surface area (Å²) in [4.78, 5) is 9.67. The molecular weight excluding hydrogens is 811 g/mol. The summed E-state index contributed by atoms with van der Waals surface area (Å²) in [6, 6.07) is 82.4. The van der Waals surface area contributed by atoms with Crippen molar-refractivity contribution in [3.63, 3.8) is 0 Å². The van der Waals surface area contributed by atoms with Crippen molar-refractivity contribution in [2.75, 3.05) is 0 Å². The molecule has 0 atom stereocenters. The van der Waals surface area contributed by atoms with Gasteiger partial charge in [0.2, 0.25) is 0 Å². The zero-order valence-electron chi connectivity index (χ0n) is 36.4. The molecule has 2 aromatic heterocycles. The molecule has 3 nitrogen and oxygen atoms in total. The molecule has 0 unspecified atom stereocenters. The lowest BCUT2D eigenvalue weighted by Gasteiger charge is -2.18. The molecule has 0 aliphatic rings. The molecule has 3 heteroatoms. The van der Waals surface area contributed by atoms with Crippen molar-refractivity contribution in [2.45, 2.75) is 0 Å². The maximum atomic E-state index is 4.87. The predicted octanol–water partition coefficient (Wildman–Crippen LogP) is 17.2. The van der Waals surface area contributed by atoms with Gasteiger partial charge in [-0.1, -0.05) is 188 Å². The number of para-hydroxylation sites is 2. The maximum Gasteiger partial charge on any atom is 0.0971 e. The summed E-state index contributed by atoms with van der Waals surface area (Å²) in [7, 11) is 0. The van der Waals surface area contributed by atoms with Gasteiger partial charge in [0, 0.05) is 39.6 Å². The molecule has 0 fully saturated rings. The highest BCUT2D eigenvalue weighted by Crippen LogP contribution is 2.45. The predicted molar refractivity (Wildman–Crippen MR) is 283 cm³/mol. The van der Waals surface area contributed by atoms with E-state index in [9.17, 15) is 0 Å². The van der Waals surface area contributed by atoms with E-state index in [0.29, 0.717) is 0 Å². The lowest BCUT2D eigenvalue weighted by molar-refractivity contribution is 1.18. The number of aromatic nitrogens is 3. The SMILES string of the molecule is c1ccc(-n2c3ccccc3c3cc(-c4ccc(-c5ccc(-c6ccc(-c7ccc8c9ccccc9c9nccnc9c8c7)c7ccccc67)c6ccccc56)c5ccccc45)ccc32)cc1. The lowest BCUT2D eigenvalue weighted by atomic mass is 9.86. The van der Waals surface area contributed by atoms with Gasteiger partial charge in [-0.25, -0.2) is 0 Å². The second kappa shape index (κ2) is 14.8. The first-order chi connectivity index (χ1) is 33.3. The average Bonchev–Trinajstić information content (AvgIpc) is 3.74. The zero-order chi connectivity index (χ0) is 44.0. The molecular formula is C64H39N3. The number of fused-ring (bicyclic) bond motifs is 12. The van der Waals surface area contributed by atoms with E-state index in [-0.39, 0.29) is 0 Å². The van der Waals surface area contributed by atoms with Gasteiger partial charge in [-0.05, 0) is 124 Å². The van der Waals surface area contributed by atoms with Crippen LogP contribution < -0.4 is 0 Å². The Morgan fingerprint density at radius 3 is 1.16 bits per heavy atom. The van der Waals surface area contributed by atoms with Crippen molar-refractivity contribution >= 4 is 86.7 Å². The molecule has 2 heterocycles. The maximum absolute atomic E-state index is 4.87. The minimum absolute atomic E-state index is 0.929. The summed E-state index contributed by atoms with van der Waals surface area (Å²) in [5.41, 5.74) is 15.1. The van der Waals surface area contributed by atoms with Crippen LogP contribution in [0, 0.1) is 0 Å². The van der Waals surface area contributed by atoms with Crippen molar-refractivity contribution in [1.29, 1.82) is 0 Å². The molecule has 0 N–H and O–H groups in total. The third kappa shape index (κ3) is 5.71. The zero-order valence-corrected chi connectivity index (χ0v) is 36.4. The van der Waals surface area contributed by atoms with E-state index in [1.54, 1.807) is 12.4 Å². The minimum Gasteiger partial charge on any atom is -0.309 e. The highest BCUT2D eigenvalue weighted by atomic mass is 15.0. The summed E-state index contributed by atoms with van der Waals surface area (Å²) in [6.45, 7) is 0. The first kappa shape index (κ1) is 37.5. The van der Waals surface area contributed by atoms with Gasteiger partial charge in [0.05, 0.1) is 22.1 Å². The van der Waals surface area contributed by atoms with Crippen molar-refractivity contribution in [2.24, 2.45) is 0 Å². The van der Waals surface area contributed by atoms with Crippen LogP contribution in [0.3, 0.4) is 0 Å². The number of hydrogen-bond donors (Lipinski definition) is 0. The molecule has 0 bridgehead atoms. The van der Waals surface area contributed by atoms with Crippen LogP contribution in [0.2, 0.25) is 0 Å². The molecule has 14 rings (SSSR count). The molecule has 0 radical (unpaired) electrons. The Balaban J connectivity index is 0.897. The molecule has 67 heavy (non-hydrogen) atoms. The van der Waals surface area contributed by atoms with Crippen molar-refractivity contribution in [3.05, 3.63) is 237 Å². The molecule has 0 amide bonds. The van der Waals surface area contributed by atoms with Crippen LogP contribution in [-0.2, 0) is 0 Å². The van der Waals surface area contributed by atoms with Gasteiger partial charge in [-0.3, -0.25) is 9.97 Å². The van der Waals surface area contributed by atoms with Gasteiger partial charge in [-0.15, -0.1) is 0 Å². The highest BCUT2D eigenvalue weighted by molar-refractivity contribution is 6.24. The number of benzene rings is 12. The van der Waals surface area contributed by atoms with E-state index >= 15 is 0 Å². The molecule has 0 aliphatic carbocycles. The van der Waals surface area contributed by atoms with Gasteiger partial charge in [0.15, 0.2) is 0 Å². The molecule has 14 aromatic rings. The molecule has 310 valence electrons. The van der Waals surface area contributed by atoms with E-state index in [2.05, 4.69) is 229 Å². The summed E-state index contributed by atoms with van der Waals surface area (Å²) in [5, 5.41) is 14.5. The first-order valence-corrected chi connectivity index (χ1v) is 23.0. The van der Waals surface area contributed by atoms with Gasteiger partial charge in [-0.2, -0.15) is 0 Å². The third-order valence-corrected chi connectivity index (χ3v) is 14.1. The Labute approximate surface area is 386 Å². The smallest absolute Gasteiger partial charge is 0.0971 e. The van der Waals surface area contributed by atoms with Gasteiger partial charge in [0.1, 0.15) is 0 Å². The standard InChI is InChI=1S/C64H39N3/c1-2-14-42(15-3-1)67-61-25-13-12-23-57(61)59-38-41(27-35-62(59)67)44-30-32-53(48-19-7-5-17-46(44)48)55-34-33-54(49-20-8-9-21-50(49)55)52-31-29-43(45-16-4-6-18-47(45)52)40-26-28-56-51-22-10-11-24-58(51)63-64(60(56)39-40)66-37-36-65-63/h1-39H. The third-order valence-electron chi connectivity index (χ3n) is 14.1. The van der Waals surface area contributed by atoms with Gasteiger partial charge in [0.25, 0.3) is 0 Å². The van der Waals surface area contributed by atoms with Crippen LogP contribution in [0.15, 0.2) is 237 Å². The Kier molecular flexibility index (Phi) is 8.28. The van der Waals surface area contributed by atoms with E-state index < -0.39 is 0 Å². The second-order valence-electron chi connectivity index (χ2n) is 17.6. The van der Waals surface area contributed by atoms with Crippen LogP contribution in [0.25, 0.3) is 137 Å². The fraction of sp³-hybridized carbons (Fsp3) is 0. The molecule has 0 saturated heterocycles. The fourth-order valence-electron chi connectivity index (χ4n) is 11.1. The Morgan fingerprint density at radius 1 is 0.239 bits per heavy atom. The van der Waals surface area contributed by atoms with Gasteiger partial charge < -0.3 is 4.57 Å². The van der Waals surface area contributed by atoms with Crippen LogP contribution >= 0.6 is 0 Å². The summed E-state index contributed by atoms with van der Waals surface area (Å²) >= 11 is 0. The summed E-state index contributed by atoms with van der Waals surface area (Å²) in [6.07, 6.45) is 3.59. The molecule has 0 saturated carbocycles. The molecule has 12 aromatic carbocycles. The fourth-order valence-corrected chi connectivity index (χ4v) is 11.1. The van der Waals surface area contributed by atoms with Crippen LogP contribution in [0.1, 0.15) is 0 Å². The van der Waals surface area contributed by atoms with E-state index in [4.69, 9.17) is 9.97 Å². The van der Waals surface area contributed by atoms with Crippen molar-refractivity contribution in [3.8, 4) is 50.2 Å². The highest BCUT2D eigenvalue weighted by Gasteiger charge is 2.19. The first-order valence-electron chi connectivity index (χ1n) is 23.0. The molecule has 0 spiro atoms. The molecule has 0 aliphatic heterocycles. The summed E-state index contributed by atoms with van der Waals surface area (Å²) in [5.74, 6) is 0. The average molecular weight is 850 g/mol. The van der Waals surface area contributed by atoms with E-state index in [1.165, 1.54) is 110 Å². The normalized spacial score (nSPS) is 11.9. The monoisotopic (exact) mass is 849 g/mol. The Bertz CT molecular complexity index is 4300. The van der Waals surface area contributed by atoms with Gasteiger partial charge >= 0.3 is 0 Å². The number of rotatable bonds is 5.